The number of para-hydroxylation sites is 1. The van der Waals surface area contributed by atoms with Crippen LogP contribution >= 0.6 is 11.6 Å². The summed E-state index contributed by atoms with van der Waals surface area (Å²) < 4.78 is 0. The van der Waals surface area contributed by atoms with Crippen molar-refractivity contribution in [1.82, 2.24) is 10.2 Å². The van der Waals surface area contributed by atoms with Crippen LogP contribution < -0.4 is 5.32 Å². The van der Waals surface area contributed by atoms with Crippen molar-refractivity contribution < 1.29 is 5.11 Å². The van der Waals surface area contributed by atoms with E-state index >= 15 is 0 Å². The third-order valence-corrected chi connectivity index (χ3v) is 3.26. The zero-order chi connectivity index (χ0) is 13.1. The molecule has 0 saturated carbocycles. The number of hydrogen-bond acceptors (Lipinski definition) is 4. The van der Waals surface area contributed by atoms with E-state index in [2.05, 4.69) is 15.5 Å². The van der Waals surface area contributed by atoms with Crippen molar-refractivity contribution in [1.29, 1.82) is 0 Å². The van der Waals surface area contributed by atoms with Crippen LogP contribution in [-0.2, 0) is 6.54 Å². The van der Waals surface area contributed by atoms with Crippen LogP contribution in [0.25, 0.3) is 0 Å². The predicted octanol–water partition coefficient (Wildman–Crippen LogP) is 3.06. The van der Waals surface area contributed by atoms with E-state index in [1.165, 1.54) is 0 Å². The molecular weight excluding hydrogens is 250 g/mol. The highest BCUT2D eigenvalue weighted by Crippen LogP contribution is 2.22. The van der Waals surface area contributed by atoms with Gasteiger partial charge in [0.15, 0.2) is 11.0 Å². The average Bonchev–Trinajstić information content (AvgIpc) is 2.37. The summed E-state index contributed by atoms with van der Waals surface area (Å²) in [6.45, 7) is 4.32. The number of aromatic nitrogens is 2. The molecule has 2 N–H and O–H groups in total. The molecule has 1 aromatic carbocycles. The van der Waals surface area contributed by atoms with Gasteiger partial charge in [-0.2, -0.15) is 0 Å². The van der Waals surface area contributed by atoms with Gasteiger partial charge in [0.2, 0.25) is 0 Å². The minimum atomic E-state index is 0.265. The normalized spacial score (nSPS) is 10.4. The van der Waals surface area contributed by atoms with Gasteiger partial charge >= 0.3 is 0 Å². The number of phenols is 1. The maximum atomic E-state index is 9.66. The molecule has 5 heteroatoms. The van der Waals surface area contributed by atoms with Crippen LogP contribution in [0.1, 0.15) is 16.7 Å². The first-order valence-corrected chi connectivity index (χ1v) is 5.97. The number of aromatic hydroxyl groups is 1. The average molecular weight is 264 g/mol. The topological polar surface area (TPSA) is 58.0 Å². The molecule has 18 heavy (non-hydrogen) atoms. The van der Waals surface area contributed by atoms with Crippen molar-refractivity contribution in [3.05, 3.63) is 46.1 Å². The van der Waals surface area contributed by atoms with E-state index in [0.717, 1.165) is 16.7 Å². The lowest BCUT2D eigenvalue weighted by Gasteiger charge is -2.11. The summed E-state index contributed by atoms with van der Waals surface area (Å²) in [7, 11) is 0. The second kappa shape index (κ2) is 5.23. The van der Waals surface area contributed by atoms with Gasteiger partial charge in [0.1, 0.15) is 5.75 Å². The van der Waals surface area contributed by atoms with Crippen LogP contribution in [0.15, 0.2) is 24.3 Å². The highest BCUT2D eigenvalue weighted by atomic mass is 35.5. The maximum Gasteiger partial charge on any atom is 0.155 e. The van der Waals surface area contributed by atoms with E-state index in [1.54, 1.807) is 12.1 Å². The summed E-state index contributed by atoms with van der Waals surface area (Å²) in [5.74, 6) is 0.946. The number of halogens is 1. The first-order chi connectivity index (χ1) is 8.59. The van der Waals surface area contributed by atoms with Crippen LogP contribution in [0.2, 0.25) is 5.15 Å². The monoisotopic (exact) mass is 263 g/mol. The SMILES string of the molecule is Cc1c(Cl)nnc(NCc2ccccc2O)c1C. The molecule has 1 aromatic heterocycles. The second-order valence-corrected chi connectivity index (χ2v) is 4.43. The Hall–Kier alpha value is -1.81. The smallest absolute Gasteiger partial charge is 0.155 e. The predicted molar refractivity (Wildman–Crippen MR) is 71.9 cm³/mol. The van der Waals surface area contributed by atoms with Gasteiger partial charge in [-0.1, -0.05) is 29.8 Å². The molecule has 0 aliphatic heterocycles. The van der Waals surface area contributed by atoms with Crippen molar-refractivity contribution >= 4 is 17.4 Å². The molecule has 0 bridgehead atoms. The maximum absolute atomic E-state index is 9.66. The molecule has 1 heterocycles. The van der Waals surface area contributed by atoms with Crippen molar-refractivity contribution in [2.45, 2.75) is 20.4 Å². The number of nitrogens with zero attached hydrogens (tertiary/aromatic N) is 2. The fourth-order valence-corrected chi connectivity index (χ4v) is 1.76. The van der Waals surface area contributed by atoms with Crippen LogP contribution in [0.4, 0.5) is 5.82 Å². The molecule has 0 fully saturated rings. The molecule has 0 unspecified atom stereocenters. The van der Waals surface area contributed by atoms with Gasteiger partial charge in [0.05, 0.1) is 0 Å². The highest BCUT2D eigenvalue weighted by Gasteiger charge is 2.08. The molecule has 94 valence electrons. The molecule has 0 amide bonds. The van der Waals surface area contributed by atoms with E-state index in [-0.39, 0.29) is 5.75 Å². The fraction of sp³-hybridized carbons (Fsp3) is 0.231. The molecule has 2 aromatic rings. The van der Waals surface area contributed by atoms with Gasteiger partial charge in [0.25, 0.3) is 0 Å². The molecule has 0 aliphatic rings. The first kappa shape index (κ1) is 12.6. The number of phenolic OH excluding ortho intramolecular Hbond substituents is 1. The number of hydrogen-bond donors (Lipinski definition) is 2. The van der Waals surface area contributed by atoms with E-state index in [0.29, 0.717) is 17.5 Å². The van der Waals surface area contributed by atoms with Gasteiger partial charge in [-0.15, -0.1) is 10.2 Å². The Labute approximate surface area is 111 Å². The second-order valence-electron chi connectivity index (χ2n) is 4.07. The molecule has 0 radical (unpaired) electrons. The van der Waals surface area contributed by atoms with Crippen molar-refractivity contribution in [2.75, 3.05) is 5.32 Å². The summed E-state index contributed by atoms with van der Waals surface area (Å²) in [5, 5.41) is 21.1. The van der Waals surface area contributed by atoms with Crippen molar-refractivity contribution in [2.24, 2.45) is 0 Å². The molecule has 0 aliphatic carbocycles. The molecule has 4 nitrogen and oxygen atoms in total. The van der Waals surface area contributed by atoms with Crippen LogP contribution in [-0.4, -0.2) is 15.3 Å². The Morgan fingerprint density at radius 2 is 1.89 bits per heavy atom. The van der Waals surface area contributed by atoms with E-state index < -0.39 is 0 Å². The quantitative estimate of drug-likeness (QED) is 0.894. The number of rotatable bonds is 3. The van der Waals surface area contributed by atoms with E-state index in [1.807, 2.05) is 26.0 Å². The van der Waals surface area contributed by atoms with Crippen molar-refractivity contribution in [3.63, 3.8) is 0 Å². The molecular formula is C13H14ClN3O. The van der Waals surface area contributed by atoms with Gasteiger partial charge in [-0.05, 0) is 31.0 Å². The largest absolute Gasteiger partial charge is 0.508 e. The summed E-state index contributed by atoms with van der Waals surface area (Å²) in [5.41, 5.74) is 2.68. The third-order valence-electron chi connectivity index (χ3n) is 2.90. The van der Waals surface area contributed by atoms with Crippen LogP contribution in [0, 0.1) is 13.8 Å². The minimum Gasteiger partial charge on any atom is -0.508 e. The Bertz CT molecular complexity index is 572. The highest BCUT2D eigenvalue weighted by molar-refractivity contribution is 6.30. The molecule has 0 spiro atoms. The zero-order valence-corrected chi connectivity index (χ0v) is 11.0. The molecule has 2 rings (SSSR count). The van der Waals surface area contributed by atoms with Crippen molar-refractivity contribution in [3.8, 4) is 5.75 Å². The van der Waals surface area contributed by atoms with E-state index in [9.17, 15) is 5.11 Å². The summed E-state index contributed by atoms with van der Waals surface area (Å²) >= 11 is 5.89. The van der Waals surface area contributed by atoms with Gasteiger partial charge < -0.3 is 10.4 Å². The molecule has 0 saturated heterocycles. The summed E-state index contributed by atoms with van der Waals surface area (Å²) in [6, 6.07) is 7.18. The van der Waals surface area contributed by atoms with Gasteiger partial charge in [0, 0.05) is 12.1 Å². The van der Waals surface area contributed by atoms with Gasteiger partial charge in [-0.3, -0.25) is 0 Å². The number of anilines is 1. The summed E-state index contributed by atoms with van der Waals surface area (Å²) in [4.78, 5) is 0. The standard InChI is InChI=1S/C13H14ClN3O/c1-8-9(2)13(17-16-12(8)14)15-7-10-5-3-4-6-11(10)18/h3-6,18H,7H2,1-2H3,(H,15,17). The number of nitrogens with one attached hydrogen (secondary N) is 1. The minimum absolute atomic E-state index is 0.265. The Morgan fingerprint density at radius 1 is 1.17 bits per heavy atom. The van der Waals surface area contributed by atoms with Crippen LogP contribution in [0.5, 0.6) is 5.75 Å². The molecule has 0 atom stereocenters. The summed E-state index contributed by atoms with van der Waals surface area (Å²) in [6.07, 6.45) is 0. The lowest BCUT2D eigenvalue weighted by atomic mass is 10.1. The first-order valence-electron chi connectivity index (χ1n) is 5.59. The zero-order valence-electron chi connectivity index (χ0n) is 10.2. The number of benzene rings is 1. The Kier molecular flexibility index (Phi) is 3.67. The Balaban J connectivity index is 2.17. The van der Waals surface area contributed by atoms with E-state index in [4.69, 9.17) is 11.6 Å². The lowest BCUT2D eigenvalue weighted by molar-refractivity contribution is 0.469. The Morgan fingerprint density at radius 3 is 2.61 bits per heavy atom. The van der Waals surface area contributed by atoms with Gasteiger partial charge in [-0.25, -0.2) is 0 Å². The lowest BCUT2D eigenvalue weighted by Crippen LogP contribution is -2.06. The fourth-order valence-electron chi connectivity index (χ4n) is 1.58. The third kappa shape index (κ3) is 2.54. The van der Waals surface area contributed by atoms with Crippen LogP contribution in [0.3, 0.4) is 0 Å².